The van der Waals surface area contributed by atoms with Gasteiger partial charge in [0.25, 0.3) is 5.91 Å². The summed E-state index contributed by atoms with van der Waals surface area (Å²) in [5.74, 6) is -0.145. The number of amides is 1. The molecule has 0 aliphatic carbocycles. The van der Waals surface area contributed by atoms with Crippen LogP contribution in [0.1, 0.15) is 15.5 Å². The predicted molar refractivity (Wildman–Crippen MR) is 75.2 cm³/mol. The Labute approximate surface area is 120 Å². The van der Waals surface area contributed by atoms with Gasteiger partial charge in [-0.05, 0) is 6.92 Å². The van der Waals surface area contributed by atoms with Crippen LogP contribution in [0.2, 0.25) is 0 Å². The molecule has 2 aromatic heterocycles. The Kier molecular flexibility index (Phi) is 3.95. The van der Waals surface area contributed by atoms with Gasteiger partial charge in [0.2, 0.25) is 4.96 Å². The Bertz CT molecular complexity index is 571. The third-order valence-corrected chi connectivity index (χ3v) is 4.03. The van der Waals surface area contributed by atoms with Crippen LogP contribution >= 0.6 is 11.3 Å². The number of hydrogen-bond acceptors (Lipinski definition) is 6. The highest BCUT2D eigenvalue weighted by Crippen LogP contribution is 2.13. The van der Waals surface area contributed by atoms with Crippen molar-refractivity contribution in [2.24, 2.45) is 0 Å². The van der Waals surface area contributed by atoms with Gasteiger partial charge in [-0.2, -0.15) is 5.10 Å². The first-order valence-corrected chi connectivity index (χ1v) is 7.45. The van der Waals surface area contributed by atoms with E-state index in [4.69, 9.17) is 4.74 Å². The van der Waals surface area contributed by atoms with Crippen LogP contribution in [0.4, 0.5) is 0 Å². The molecule has 8 heteroatoms. The van der Waals surface area contributed by atoms with E-state index in [0.717, 1.165) is 42.8 Å². The first-order chi connectivity index (χ1) is 9.72. The number of fused-ring (bicyclic) bond motifs is 1. The van der Waals surface area contributed by atoms with E-state index in [1.807, 2.05) is 6.92 Å². The standard InChI is InChI=1S/C12H17N5O2S/c1-9-15-17-8-10(14-12(17)20-9)11(18)13-2-3-16-4-6-19-7-5-16/h8H,2-7H2,1H3,(H,13,18). The number of morpholine rings is 1. The Hall–Kier alpha value is -1.51. The minimum absolute atomic E-state index is 0.145. The van der Waals surface area contributed by atoms with Crippen molar-refractivity contribution in [1.82, 2.24) is 24.8 Å². The molecule has 1 saturated heterocycles. The quantitative estimate of drug-likeness (QED) is 0.870. The maximum Gasteiger partial charge on any atom is 0.271 e. The molecular weight excluding hydrogens is 278 g/mol. The molecule has 3 heterocycles. The number of nitrogens with one attached hydrogen (secondary N) is 1. The maximum absolute atomic E-state index is 12.0. The van der Waals surface area contributed by atoms with Crippen molar-refractivity contribution in [2.45, 2.75) is 6.92 Å². The van der Waals surface area contributed by atoms with E-state index in [0.29, 0.717) is 12.2 Å². The number of carbonyl (C=O) groups excluding carboxylic acids is 1. The summed E-state index contributed by atoms with van der Waals surface area (Å²) in [6.07, 6.45) is 1.67. The topological polar surface area (TPSA) is 71.8 Å². The third-order valence-electron chi connectivity index (χ3n) is 3.19. The highest BCUT2D eigenvalue weighted by Gasteiger charge is 2.14. The second-order valence-electron chi connectivity index (χ2n) is 4.68. The highest BCUT2D eigenvalue weighted by molar-refractivity contribution is 7.16. The molecule has 2 aromatic rings. The van der Waals surface area contributed by atoms with Gasteiger partial charge in [-0.1, -0.05) is 11.3 Å². The zero-order valence-corrected chi connectivity index (χ0v) is 12.2. The lowest BCUT2D eigenvalue weighted by Gasteiger charge is -2.26. The van der Waals surface area contributed by atoms with Gasteiger partial charge in [-0.15, -0.1) is 0 Å². The number of nitrogens with zero attached hydrogens (tertiary/aromatic N) is 4. The predicted octanol–water partition coefficient (Wildman–Crippen LogP) is 0.161. The molecule has 20 heavy (non-hydrogen) atoms. The van der Waals surface area contributed by atoms with Gasteiger partial charge in [0.05, 0.1) is 19.4 Å². The van der Waals surface area contributed by atoms with Crippen molar-refractivity contribution in [3.63, 3.8) is 0 Å². The normalized spacial score (nSPS) is 16.6. The fourth-order valence-electron chi connectivity index (χ4n) is 2.15. The monoisotopic (exact) mass is 295 g/mol. The molecule has 0 radical (unpaired) electrons. The van der Waals surface area contributed by atoms with Gasteiger partial charge in [-0.3, -0.25) is 9.69 Å². The number of aryl methyl sites for hydroxylation is 1. The summed E-state index contributed by atoms with van der Waals surface area (Å²) < 4.78 is 6.93. The van der Waals surface area contributed by atoms with Gasteiger partial charge in [-0.25, -0.2) is 9.50 Å². The largest absolute Gasteiger partial charge is 0.379 e. The van der Waals surface area contributed by atoms with Crippen LogP contribution in [0.25, 0.3) is 4.96 Å². The third kappa shape index (κ3) is 2.97. The first kappa shape index (κ1) is 13.5. The van der Waals surface area contributed by atoms with E-state index in [1.54, 1.807) is 10.7 Å². The van der Waals surface area contributed by atoms with Crippen molar-refractivity contribution in [3.05, 3.63) is 16.9 Å². The number of carbonyl (C=O) groups is 1. The Morgan fingerprint density at radius 1 is 1.50 bits per heavy atom. The average Bonchev–Trinajstić information content (AvgIpc) is 2.97. The van der Waals surface area contributed by atoms with Crippen molar-refractivity contribution in [3.8, 4) is 0 Å². The average molecular weight is 295 g/mol. The zero-order valence-electron chi connectivity index (χ0n) is 11.3. The highest BCUT2D eigenvalue weighted by atomic mass is 32.1. The number of hydrogen-bond donors (Lipinski definition) is 1. The fraction of sp³-hybridized carbons (Fsp3) is 0.583. The summed E-state index contributed by atoms with van der Waals surface area (Å²) in [5.41, 5.74) is 0.422. The molecule has 0 saturated carbocycles. The fourth-order valence-corrected chi connectivity index (χ4v) is 2.88. The second kappa shape index (κ2) is 5.86. The molecule has 0 unspecified atom stereocenters. The summed E-state index contributed by atoms with van der Waals surface area (Å²) in [7, 11) is 0. The lowest BCUT2D eigenvalue weighted by atomic mass is 10.4. The van der Waals surface area contributed by atoms with E-state index < -0.39 is 0 Å². The Morgan fingerprint density at radius 3 is 3.05 bits per heavy atom. The van der Waals surface area contributed by atoms with Crippen molar-refractivity contribution in [1.29, 1.82) is 0 Å². The maximum atomic E-state index is 12.0. The van der Waals surface area contributed by atoms with Crippen LogP contribution < -0.4 is 5.32 Å². The summed E-state index contributed by atoms with van der Waals surface area (Å²) in [6, 6.07) is 0. The Balaban J connectivity index is 1.51. The number of rotatable bonds is 4. The smallest absolute Gasteiger partial charge is 0.271 e. The number of aromatic nitrogens is 3. The lowest BCUT2D eigenvalue weighted by molar-refractivity contribution is 0.0383. The molecule has 1 N–H and O–H groups in total. The molecule has 1 fully saturated rings. The van der Waals surface area contributed by atoms with E-state index in [9.17, 15) is 4.79 Å². The van der Waals surface area contributed by atoms with Crippen molar-refractivity contribution >= 4 is 22.2 Å². The van der Waals surface area contributed by atoms with Gasteiger partial charge < -0.3 is 10.1 Å². The van der Waals surface area contributed by atoms with Gasteiger partial charge in [0.1, 0.15) is 10.7 Å². The van der Waals surface area contributed by atoms with Crippen LogP contribution in [-0.2, 0) is 4.74 Å². The molecule has 0 spiro atoms. The Morgan fingerprint density at radius 2 is 2.30 bits per heavy atom. The SMILES string of the molecule is Cc1nn2cc(C(=O)NCCN3CCOCC3)nc2s1. The second-order valence-corrected chi connectivity index (χ2v) is 5.84. The summed E-state index contributed by atoms with van der Waals surface area (Å²) >= 11 is 1.48. The molecule has 7 nitrogen and oxygen atoms in total. The minimum Gasteiger partial charge on any atom is -0.379 e. The van der Waals surface area contributed by atoms with Crippen LogP contribution in [0.3, 0.4) is 0 Å². The molecule has 0 aromatic carbocycles. The first-order valence-electron chi connectivity index (χ1n) is 6.63. The van der Waals surface area contributed by atoms with Crippen molar-refractivity contribution in [2.75, 3.05) is 39.4 Å². The molecule has 1 amide bonds. The lowest BCUT2D eigenvalue weighted by Crippen LogP contribution is -2.41. The summed E-state index contributed by atoms with van der Waals surface area (Å²) in [5, 5.41) is 8.07. The van der Waals surface area contributed by atoms with Gasteiger partial charge >= 0.3 is 0 Å². The van der Waals surface area contributed by atoms with Crippen LogP contribution in [0, 0.1) is 6.92 Å². The molecule has 3 rings (SSSR count). The van der Waals surface area contributed by atoms with Gasteiger partial charge in [0, 0.05) is 26.2 Å². The van der Waals surface area contributed by atoms with Gasteiger partial charge in [0.15, 0.2) is 0 Å². The molecule has 0 bridgehead atoms. The number of ether oxygens (including phenoxy) is 1. The van der Waals surface area contributed by atoms with Crippen LogP contribution in [0.15, 0.2) is 6.20 Å². The molecule has 0 atom stereocenters. The number of imidazole rings is 1. The molecule has 108 valence electrons. The summed E-state index contributed by atoms with van der Waals surface area (Å²) in [6.45, 7) is 6.79. The van der Waals surface area contributed by atoms with Crippen LogP contribution in [-0.4, -0.2) is 64.8 Å². The summed E-state index contributed by atoms with van der Waals surface area (Å²) in [4.78, 5) is 19.3. The van der Waals surface area contributed by atoms with Crippen LogP contribution in [0.5, 0.6) is 0 Å². The minimum atomic E-state index is -0.145. The molecular formula is C12H17N5O2S. The van der Waals surface area contributed by atoms with E-state index in [1.165, 1.54) is 11.3 Å². The van der Waals surface area contributed by atoms with E-state index in [2.05, 4.69) is 20.3 Å². The zero-order chi connectivity index (χ0) is 13.9. The van der Waals surface area contributed by atoms with E-state index in [-0.39, 0.29) is 5.91 Å². The van der Waals surface area contributed by atoms with E-state index >= 15 is 0 Å². The molecule has 1 aliphatic heterocycles. The molecule has 1 aliphatic rings. The van der Waals surface area contributed by atoms with Crippen molar-refractivity contribution < 1.29 is 9.53 Å².